The zero-order valence-electron chi connectivity index (χ0n) is 13.2. The topological polar surface area (TPSA) is 116 Å². The molecule has 0 saturated heterocycles. The highest BCUT2D eigenvalue weighted by molar-refractivity contribution is 7.90. The number of nitrogens with one attached hydrogen (secondary N) is 1. The smallest absolute Gasteiger partial charge is 0.337 e. The fourth-order valence-electron chi connectivity index (χ4n) is 1.80. The van der Waals surface area contributed by atoms with Crippen molar-refractivity contribution in [3.05, 3.63) is 23.8 Å². The summed E-state index contributed by atoms with van der Waals surface area (Å²) in [5, 5.41) is 2.52. The normalized spacial score (nSPS) is 12.0. The second-order valence-corrected chi connectivity index (χ2v) is 6.91. The third-order valence-corrected chi connectivity index (χ3v) is 4.05. The Morgan fingerprint density at radius 2 is 1.91 bits per heavy atom. The fraction of sp³-hybridized carbons (Fsp3) is 0.429. The summed E-state index contributed by atoms with van der Waals surface area (Å²) >= 11 is 0. The lowest BCUT2D eigenvalue weighted by Crippen LogP contribution is -2.35. The van der Waals surface area contributed by atoms with Gasteiger partial charge in [-0.1, -0.05) is 13.3 Å². The zero-order valence-corrected chi connectivity index (χ0v) is 14.8. The van der Waals surface area contributed by atoms with E-state index in [1.54, 1.807) is 0 Å². The van der Waals surface area contributed by atoms with Gasteiger partial charge < -0.3 is 15.8 Å². The third kappa shape index (κ3) is 6.17. The van der Waals surface area contributed by atoms with Crippen molar-refractivity contribution in [2.24, 2.45) is 5.73 Å². The van der Waals surface area contributed by atoms with E-state index in [0.29, 0.717) is 6.42 Å². The van der Waals surface area contributed by atoms with Crippen LogP contribution in [0.1, 0.15) is 30.1 Å². The number of nitrogens with two attached hydrogens (primary N) is 1. The second-order valence-electron chi connectivity index (χ2n) is 4.89. The zero-order chi connectivity index (χ0) is 16.9. The van der Waals surface area contributed by atoms with Crippen molar-refractivity contribution in [3.63, 3.8) is 0 Å². The van der Waals surface area contributed by atoms with Crippen LogP contribution < -0.4 is 11.1 Å². The predicted octanol–water partition coefficient (Wildman–Crippen LogP) is 1.36. The van der Waals surface area contributed by atoms with Crippen molar-refractivity contribution >= 4 is 39.8 Å². The number of ether oxygens (including phenoxy) is 1. The van der Waals surface area contributed by atoms with E-state index >= 15 is 0 Å². The summed E-state index contributed by atoms with van der Waals surface area (Å²) < 4.78 is 27.9. The third-order valence-electron chi connectivity index (χ3n) is 2.96. The van der Waals surface area contributed by atoms with Crippen LogP contribution in [-0.4, -0.2) is 39.7 Å². The maximum absolute atomic E-state index is 11.9. The molecule has 0 radical (unpaired) electrons. The van der Waals surface area contributed by atoms with Crippen LogP contribution in [0.4, 0.5) is 5.69 Å². The summed E-state index contributed by atoms with van der Waals surface area (Å²) in [4.78, 5) is 23.4. The van der Waals surface area contributed by atoms with Gasteiger partial charge in [0.1, 0.15) is 0 Å². The maximum atomic E-state index is 11.9. The number of hydrogen-bond acceptors (Lipinski definition) is 6. The molecular weight excluding hydrogens is 344 g/mol. The number of sulfone groups is 1. The van der Waals surface area contributed by atoms with Crippen LogP contribution in [0, 0.1) is 0 Å². The van der Waals surface area contributed by atoms with Crippen LogP contribution in [0.2, 0.25) is 0 Å². The molecule has 0 aliphatic rings. The lowest BCUT2D eigenvalue weighted by molar-refractivity contribution is -0.117. The van der Waals surface area contributed by atoms with E-state index in [9.17, 15) is 18.0 Å². The molecule has 1 unspecified atom stereocenters. The van der Waals surface area contributed by atoms with Crippen LogP contribution >= 0.6 is 12.4 Å². The fourth-order valence-corrected chi connectivity index (χ4v) is 2.48. The number of halogens is 1. The van der Waals surface area contributed by atoms with Gasteiger partial charge in [-0.05, 0) is 24.6 Å². The number of hydrogen-bond donors (Lipinski definition) is 2. The first-order valence-electron chi connectivity index (χ1n) is 6.69. The molecule has 0 aromatic heterocycles. The van der Waals surface area contributed by atoms with Crippen LogP contribution in [-0.2, 0) is 19.4 Å². The molecule has 3 N–H and O–H groups in total. The van der Waals surface area contributed by atoms with Crippen molar-refractivity contribution < 1.29 is 22.7 Å². The molecule has 0 saturated carbocycles. The Bertz CT molecular complexity index is 676. The molecule has 1 rings (SSSR count). The number of esters is 1. The van der Waals surface area contributed by atoms with Crippen molar-refractivity contribution in [2.75, 3.05) is 18.7 Å². The SMILES string of the molecule is CCCC(N)C(=O)Nc1cc(C(=O)OC)cc(S(C)(=O)=O)c1.Cl. The van der Waals surface area contributed by atoms with Crippen molar-refractivity contribution in [2.45, 2.75) is 30.7 Å². The molecular formula is C14H21ClN2O5S. The van der Waals surface area contributed by atoms with Crippen LogP contribution in [0.3, 0.4) is 0 Å². The Kier molecular flexibility index (Phi) is 8.22. The molecule has 0 fully saturated rings. The van der Waals surface area contributed by atoms with Crippen molar-refractivity contribution in [3.8, 4) is 0 Å². The Labute approximate surface area is 141 Å². The molecule has 0 heterocycles. The number of carbonyl (C=O) groups is 2. The summed E-state index contributed by atoms with van der Waals surface area (Å²) in [6, 6.07) is 3.12. The first kappa shape index (κ1) is 21.4. The van der Waals surface area contributed by atoms with Gasteiger partial charge in [-0.15, -0.1) is 12.4 Å². The quantitative estimate of drug-likeness (QED) is 0.736. The Morgan fingerprint density at radius 1 is 1.30 bits per heavy atom. The molecule has 1 aromatic rings. The van der Waals surface area contributed by atoms with Gasteiger partial charge in [0.15, 0.2) is 9.84 Å². The number of benzene rings is 1. The minimum absolute atomic E-state index is 0. The molecule has 7 nitrogen and oxygen atoms in total. The van der Waals surface area contributed by atoms with E-state index in [4.69, 9.17) is 5.73 Å². The number of carbonyl (C=O) groups excluding carboxylic acids is 2. The second kappa shape index (κ2) is 8.85. The van der Waals surface area contributed by atoms with Crippen LogP contribution in [0.15, 0.2) is 23.1 Å². The van der Waals surface area contributed by atoms with Gasteiger partial charge in [0.25, 0.3) is 0 Å². The summed E-state index contributed by atoms with van der Waals surface area (Å²) in [6.45, 7) is 1.90. The van der Waals surface area contributed by atoms with Crippen molar-refractivity contribution in [1.82, 2.24) is 0 Å². The molecule has 130 valence electrons. The molecule has 1 atom stereocenters. The van der Waals surface area contributed by atoms with E-state index in [-0.39, 0.29) is 28.6 Å². The van der Waals surface area contributed by atoms with Gasteiger partial charge >= 0.3 is 5.97 Å². The Morgan fingerprint density at radius 3 is 2.39 bits per heavy atom. The van der Waals surface area contributed by atoms with Gasteiger partial charge in [-0.2, -0.15) is 0 Å². The predicted molar refractivity (Wildman–Crippen MR) is 89.7 cm³/mol. The minimum atomic E-state index is -3.55. The van der Waals surface area contributed by atoms with Gasteiger partial charge in [0.2, 0.25) is 5.91 Å². The number of anilines is 1. The molecule has 0 aliphatic heterocycles. The lowest BCUT2D eigenvalue weighted by Gasteiger charge is -2.13. The van der Waals surface area contributed by atoms with E-state index < -0.39 is 27.8 Å². The number of rotatable bonds is 6. The largest absolute Gasteiger partial charge is 0.465 e. The van der Waals surface area contributed by atoms with E-state index in [1.165, 1.54) is 25.3 Å². The highest BCUT2D eigenvalue weighted by atomic mass is 35.5. The molecule has 9 heteroatoms. The molecule has 0 spiro atoms. The van der Waals surface area contributed by atoms with E-state index in [2.05, 4.69) is 10.1 Å². The lowest BCUT2D eigenvalue weighted by atomic mass is 10.1. The van der Waals surface area contributed by atoms with Gasteiger partial charge in [0.05, 0.1) is 23.6 Å². The number of methoxy groups -OCH3 is 1. The highest BCUT2D eigenvalue weighted by Gasteiger charge is 2.17. The van der Waals surface area contributed by atoms with Crippen LogP contribution in [0.25, 0.3) is 0 Å². The standard InChI is InChI=1S/C14H20N2O5S.ClH/c1-4-5-12(15)13(17)16-10-6-9(14(18)21-2)7-11(8-10)22(3,19)20;/h6-8,12H,4-5,15H2,1-3H3,(H,16,17);1H. The van der Waals surface area contributed by atoms with E-state index in [0.717, 1.165) is 12.7 Å². The maximum Gasteiger partial charge on any atom is 0.337 e. The first-order valence-corrected chi connectivity index (χ1v) is 8.58. The molecule has 0 aliphatic carbocycles. The molecule has 1 aromatic carbocycles. The summed E-state index contributed by atoms with van der Waals surface area (Å²) in [6.07, 6.45) is 2.25. The summed E-state index contributed by atoms with van der Waals surface area (Å²) in [5.74, 6) is -1.14. The molecule has 0 bridgehead atoms. The van der Waals surface area contributed by atoms with E-state index in [1.807, 2.05) is 6.92 Å². The van der Waals surface area contributed by atoms with Crippen molar-refractivity contribution in [1.29, 1.82) is 0 Å². The Hall–Kier alpha value is -1.64. The minimum Gasteiger partial charge on any atom is -0.465 e. The molecule has 1 amide bonds. The van der Waals surface area contributed by atoms with Gasteiger partial charge in [-0.3, -0.25) is 4.79 Å². The average molecular weight is 365 g/mol. The Balaban J connectivity index is 0.00000484. The summed E-state index contributed by atoms with van der Waals surface area (Å²) in [5.41, 5.74) is 5.91. The van der Waals surface area contributed by atoms with Gasteiger partial charge in [-0.25, -0.2) is 13.2 Å². The average Bonchev–Trinajstić information content (AvgIpc) is 2.45. The van der Waals surface area contributed by atoms with Crippen LogP contribution in [0.5, 0.6) is 0 Å². The van der Waals surface area contributed by atoms with Gasteiger partial charge in [0, 0.05) is 11.9 Å². The molecule has 23 heavy (non-hydrogen) atoms. The summed E-state index contributed by atoms with van der Waals surface area (Å²) in [7, 11) is -2.36. The highest BCUT2D eigenvalue weighted by Crippen LogP contribution is 2.20. The monoisotopic (exact) mass is 364 g/mol. The number of amides is 1. The first-order chi connectivity index (χ1) is 10.2.